The van der Waals surface area contributed by atoms with Crippen LogP contribution >= 0.6 is 0 Å². The average Bonchev–Trinajstić information content (AvgIpc) is 2.76. The maximum Gasteiger partial charge on any atom is 0.246 e. The zero-order chi connectivity index (χ0) is 14.8. The molecule has 0 bridgehead atoms. The van der Waals surface area contributed by atoms with Gasteiger partial charge in [0.15, 0.2) is 0 Å². The van der Waals surface area contributed by atoms with E-state index in [-0.39, 0.29) is 12.5 Å². The van der Waals surface area contributed by atoms with E-state index in [1.54, 1.807) is 10.9 Å². The maximum atomic E-state index is 12.1. The highest BCUT2D eigenvalue weighted by atomic mass is 16.2. The number of benzene rings is 1. The Morgan fingerprint density at radius 1 is 1.24 bits per heavy atom. The lowest BCUT2D eigenvalue weighted by molar-refractivity contribution is -0.116. The minimum absolute atomic E-state index is 0.113. The van der Waals surface area contributed by atoms with Gasteiger partial charge in [-0.25, -0.2) is 0 Å². The third-order valence-electron chi connectivity index (χ3n) is 3.27. The third-order valence-corrected chi connectivity index (χ3v) is 3.27. The van der Waals surface area contributed by atoms with Crippen LogP contribution in [0, 0.1) is 13.8 Å². The topological polar surface area (TPSA) is 59.8 Å². The molecule has 2 heterocycles. The van der Waals surface area contributed by atoms with E-state index >= 15 is 0 Å². The molecular formula is C16H16N4O. The van der Waals surface area contributed by atoms with Crippen LogP contribution in [0.4, 0.5) is 5.69 Å². The van der Waals surface area contributed by atoms with E-state index in [1.807, 2.05) is 50.2 Å². The fourth-order valence-electron chi connectivity index (χ4n) is 2.31. The van der Waals surface area contributed by atoms with Crippen LogP contribution in [-0.4, -0.2) is 20.7 Å². The lowest BCUT2D eigenvalue weighted by Gasteiger charge is -2.07. The first-order valence-electron chi connectivity index (χ1n) is 6.77. The Bertz CT molecular complexity index is 807. The average molecular weight is 280 g/mol. The van der Waals surface area contributed by atoms with Crippen LogP contribution in [-0.2, 0) is 11.3 Å². The summed E-state index contributed by atoms with van der Waals surface area (Å²) < 4.78 is 1.69. The van der Waals surface area contributed by atoms with Crippen LogP contribution in [0.2, 0.25) is 0 Å². The summed E-state index contributed by atoms with van der Waals surface area (Å²) in [6.45, 7) is 4.05. The first-order chi connectivity index (χ1) is 10.1. The number of para-hydroxylation sites is 1. The molecule has 0 fully saturated rings. The molecule has 1 aromatic carbocycles. The van der Waals surface area contributed by atoms with Crippen molar-refractivity contribution in [2.24, 2.45) is 0 Å². The van der Waals surface area contributed by atoms with Crippen molar-refractivity contribution < 1.29 is 4.79 Å². The molecule has 2 aromatic heterocycles. The summed E-state index contributed by atoms with van der Waals surface area (Å²) in [7, 11) is 0. The molecule has 5 nitrogen and oxygen atoms in total. The van der Waals surface area contributed by atoms with Crippen LogP contribution in [0.1, 0.15) is 11.4 Å². The van der Waals surface area contributed by atoms with Crippen LogP contribution in [0.5, 0.6) is 0 Å². The minimum Gasteiger partial charge on any atom is -0.323 e. The second-order valence-corrected chi connectivity index (χ2v) is 5.05. The first-order valence-corrected chi connectivity index (χ1v) is 6.77. The Labute approximate surface area is 122 Å². The summed E-state index contributed by atoms with van der Waals surface area (Å²) in [5.41, 5.74) is 3.49. The van der Waals surface area contributed by atoms with E-state index in [0.717, 1.165) is 22.3 Å². The fraction of sp³-hybridized carbons (Fsp3) is 0.188. The van der Waals surface area contributed by atoms with Gasteiger partial charge in [-0.1, -0.05) is 18.2 Å². The number of pyridine rings is 1. The van der Waals surface area contributed by atoms with Crippen molar-refractivity contribution >= 4 is 22.5 Å². The molecule has 3 rings (SSSR count). The van der Waals surface area contributed by atoms with E-state index < -0.39 is 0 Å². The Balaban J connectivity index is 1.75. The van der Waals surface area contributed by atoms with E-state index in [4.69, 9.17) is 0 Å². The second-order valence-electron chi connectivity index (χ2n) is 5.05. The van der Waals surface area contributed by atoms with Gasteiger partial charge in [-0.2, -0.15) is 5.10 Å². The molecule has 0 aliphatic rings. The highest BCUT2D eigenvalue weighted by Gasteiger charge is 2.08. The van der Waals surface area contributed by atoms with Gasteiger partial charge in [0.25, 0.3) is 0 Å². The first kappa shape index (κ1) is 13.3. The number of nitrogens with one attached hydrogen (secondary N) is 1. The summed E-state index contributed by atoms with van der Waals surface area (Å²) in [5.74, 6) is -0.113. The number of nitrogens with zero attached hydrogens (tertiary/aromatic N) is 3. The van der Waals surface area contributed by atoms with Gasteiger partial charge < -0.3 is 5.32 Å². The summed E-state index contributed by atoms with van der Waals surface area (Å²) >= 11 is 0. The highest BCUT2D eigenvalue weighted by molar-refractivity contribution is 5.92. The van der Waals surface area contributed by atoms with Gasteiger partial charge in [-0.3, -0.25) is 14.5 Å². The molecule has 3 aromatic rings. The number of hydrogen-bond donors (Lipinski definition) is 1. The molecule has 1 N–H and O–H groups in total. The van der Waals surface area contributed by atoms with Crippen molar-refractivity contribution in [2.75, 3.05) is 5.32 Å². The van der Waals surface area contributed by atoms with E-state index in [1.165, 1.54) is 0 Å². The predicted octanol–water partition coefficient (Wildman–Crippen LogP) is 2.69. The molecule has 5 heteroatoms. The SMILES string of the molecule is Cc1cc(C)n(CC(=O)Nc2cnc3ccccc3c2)n1. The van der Waals surface area contributed by atoms with E-state index in [2.05, 4.69) is 15.4 Å². The monoisotopic (exact) mass is 280 g/mol. The largest absolute Gasteiger partial charge is 0.323 e. The number of hydrogen-bond acceptors (Lipinski definition) is 3. The van der Waals surface area contributed by atoms with Gasteiger partial charge in [-0.05, 0) is 32.0 Å². The number of amides is 1. The molecule has 0 radical (unpaired) electrons. The molecule has 0 aliphatic carbocycles. The molecule has 0 spiro atoms. The Morgan fingerprint density at radius 2 is 2.05 bits per heavy atom. The van der Waals surface area contributed by atoms with Crippen molar-refractivity contribution in [1.82, 2.24) is 14.8 Å². The van der Waals surface area contributed by atoms with Crippen LogP contribution < -0.4 is 5.32 Å². The molecule has 106 valence electrons. The number of aryl methyl sites for hydroxylation is 2. The van der Waals surface area contributed by atoms with E-state index in [9.17, 15) is 4.79 Å². The van der Waals surface area contributed by atoms with Gasteiger partial charge in [0.05, 0.1) is 23.1 Å². The number of rotatable bonds is 3. The van der Waals surface area contributed by atoms with Crippen LogP contribution in [0.3, 0.4) is 0 Å². The Hall–Kier alpha value is -2.69. The smallest absolute Gasteiger partial charge is 0.246 e. The van der Waals surface area contributed by atoms with Gasteiger partial charge in [-0.15, -0.1) is 0 Å². The minimum atomic E-state index is -0.113. The zero-order valence-corrected chi connectivity index (χ0v) is 12.0. The number of aromatic nitrogens is 3. The zero-order valence-electron chi connectivity index (χ0n) is 12.0. The fourth-order valence-corrected chi connectivity index (χ4v) is 2.31. The van der Waals surface area contributed by atoms with Gasteiger partial charge in [0, 0.05) is 11.1 Å². The molecule has 0 unspecified atom stereocenters. The summed E-state index contributed by atoms with van der Waals surface area (Å²) in [5, 5.41) is 8.14. The lowest BCUT2D eigenvalue weighted by atomic mass is 10.2. The maximum absolute atomic E-state index is 12.1. The summed E-state index contributed by atoms with van der Waals surface area (Å²) in [6, 6.07) is 11.7. The summed E-state index contributed by atoms with van der Waals surface area (Å²) in [6.07, 6.45) is 1.67. The lowest BCUT2D eigenvalue weighted by Crippen LogP contribution is -2.20. The highest BCUT2D eigenvalue weighted by Crippen LogP contribution is 2.16. The number of anilines is 1. The van der Waals surface area contributed by atoms with Gasteiger partial charge >= 0.3 is 0 Å². The van der Waals surface area contributed by atoms with Crippen molar-refractivity contribution in [2.45, 2.75) is 20.4 Å². The molecule has 0 aliphatic heterocycles. The van der Waals surface area contributed by atoms with Crippen LogP contribution in [0.15, 0.2) is 42.6 Å². The quantitative estimate of drug-likeness (QED) is 0.802. The number of carbonyl (C=O) groups excluding carboxylic acids is 1. The van der Waals surface area contributed by atoms with Crippen LogP contribution in [0.25, 0.3) is 10.9 Å². The summed E-state index contributed by atoms with van der Waals surface area (Å²) in [4.78, 5) is 16.4. The van der Waals surface area contributed by atoms with Gasteiger partial charge in [0.1, 0.15) is 6.54 Å². The van der Waals surface area contributed by atoms with Crippen molar-refractivity contribution in [3.63, 3.8) is 0 Å². The molecule has 21 heavy (non-hydrogen) atoms. The molecule has 0 saturated carbocycles. The van der Waals surface area contributed by atoms with Gasteiger partial charge in [0.2, 0.25) is 5.91 Å². The normalized spacial score (nSPS) is 10.8. The Kier molecular flexibility index (Phi) is 3.39. The van der Waals surface area contributed by atoms with Crippen molar-refractivity contribution in [3.05, 3.63) is 54.0 Å². The van der Waals surface area contributed by atoms with Crippen molar-refractivity contribution in [1.29, 1.82) is 0 Å². The van der Waals surface area contributed by atoms with E-state index in [0.29, 0.717) is 5.69 Å². The second kappa shape index (κ2) is 5.36. The molecule has 1 amide bonds. The standard InChI is InChI=1S/C16H16N4O/c1-11-7-12(2)20(19-11)10-16(21)18-14-8-13-5-3-4-6-15(13)17-9-14/h3-9H,10H2,1-2H3,(H,18,21). The molecular weight excluding hydrogens is 264 g/mol. The predicted molar refractivity (Wildman–Crippen MR) is 82.1 cm³/mol. The number of fused-ring (bicyclic) bond motifs is 1. The Morgan fingerprint density at radius 3 is 2.81 bits per heavy atom. The molecule has 0 saturated heterocycles. The van der Waals surface area contributed by atoms with Crippen molar-refractivity contribution in [3.8, 4) is 0 Å². The molecule has 0 atom stereocenters. The number of carbonyl (C=O) groups is 1. The third kappa shape index (κ3) is 2.91.